The number of aliphatic hydroxyl groups excluding tert-OH is 2. The van der Waals surface area contributed by atoms with Gasteiger partial charge in [0.2, 0.25) is 15.8 Å². The molecule has 4 aliphatic rings. The molecule has 1 saturated carbocycles. The molecule has 1 amide bonds. The number of hydrogen-bond acceptors (Lipinski definition) is 14. The number of ketones is 2. The Bertz CT molecular complexity index is 1970. The Balaban J connectivity index is 1.70. The summed E-state index contributed by atoms with van der Waals surface area (Å²) in [6.45, 7) is 13.3. The highest BCUT2D eigenvalue weighted by atomic mass is 32.2. The lowest BCUT2D eigenvalue weighted by Gasteiger charge is -2.43. The Morgan fingerprint density at radius 2 is 1.60 bits per heavy atom. The molecular weight excluding hydrogens is 921 g/mol. The molecule has 0 aromatic rings. The van der Waals surface area contributed by atoms with E-state index < -0.39 is 81.8 Å². The smallest absolute Gasteiger partial charge is 0.329 e. The first-order chi connectivity index (χ1) is 33.0. The number of ether oxygens (including phenoxy) is 5. The van der Waals surface area contributed by atoms with Crippen LogP contribution in [-0.4, -0.2) is 147 Å². The summed E-state index contributed by atoms with van der Waals surface area (Å²) in [5.74, 6) is -6.84. The highest BCUT2D eigenvalue weighted by Crippen LogP contribution is 2.38. The highest BCUT2D eigenvalue weighted by molar-refractivity contribution is 7.88. The van der Waals surface area contributed by atoms with Gasteiger partial charge in [-0.25, -0.2) is 17.9 Å². The van der Waals surface area contributed by atoms with Gasteiger partial charge in [-0.2, -0.15) is 0 Å². The molecular formula is C53H86N2O14S. The maximum Gasteiger partial charge on any atom is 0.329 e. The number of carbonyl (C=O) groups excluding carboxylic acids is 4. The van der Waals surface area contributed by atoms with E-state index in [1.807, 2.05) is 45.9 Å². The summed E-state index contributed by atoms with van der Waals surface area (Å²) in [4.78, 5) is 58.2. The van der Waals surface area contributed by atoms with E-state index in [1.54, 1.807) is 46.1 Å². The first kappa shape index (κ1) is 59.4. The maximum atomic E-state index is 14.5. The molecule has 3 aliphatic heterocycles. The zero-order valence-electron chi connectivity index (χ0n) is 43.5. The topological polar surface area (TPSA) is 225 Å². The Morgan fingerprint density at radius 3 is 2.27 bits per heavy atom. The Morgan fingerprint density at radius 1 is 0.871 bits per heavy atom. The van der Waals surface area contributed by atoms with E-state index in [0.29, 0.717) is 62.5 Å². The van der Waals surface area contributed by atoms with Gasteiger partial charge in [-0.15, -0.1) is 0 Å². The third-order valence-corrected chi connectivity index (χ3v) is 15.8. The van der Waals surface area contributed by atoms with Crippen LogP contribution in [0.5, 0.6) is 0 Å². The van der Waals surface area contributed by atoms with E-state index in [1.165, 1.54) is 12.0 Å². The number of nitrogens with one attached hydrogen (secondary N) is 1. The zero-order chi connectivity index (χ0) is 51.9. The van der Waals surface area contributed by atoms with Crippen LogP contribution in [0.2, 0.25) is 0 Å². The summed E-state index contributed by atoms with van der Waals surface area (Å²) in [6, 6.07) is -1.86. The van der Waals surface area contributed by atoms with E-state index in [0.717, 1.165) is 25.5 Å². The number of hydrogen-bond donors (Lipinski definition) is 4. The summed E-state index contributed by atoms with van der Waals surface area (Å²) >= 11 is 0. The highest BCUT2D eigenvalue weighted by Gasteiger charge is 2.53. The van der Waals surface area contributed by atoms with Gasteiger partial charge in [0.05, 0.1) is 37.8 Å². The number of nitrogens with zero attached hydrogens (tertiary/aromatic N) is 1. The normalized spacial score (nSPS) is 38.6. The largest absolute Gasteiger partial charge is 0.461 e. The molecule has 398 valence electrons. The summed E-state index contributed by atoms with van der Waals surface area (Å²) in [6.07, 6.45) is 14.8. The van der Waals surface area contributed by atoms with Crippen LogP contribution < -0.4 is 4.72 Å². The summed E-state index contributed by atoms with van der Waals surface area (Å²) < 4.78 is 57.8. The second kappa shape index (κ2) is 27.8. The molecule has 0 aromatic heterocycles. The van der Waals surface area contributed by atoms with Crippen LogP contribution in [0.3, 0.4) is 0 Å². The predicted molar refractivity (Wildman–Crippen MR) is 267 cm³/mol. The lowest BCUT2D eigenvalue weighted by molar-refractivity contribution is -0.264. The minimum atomic E-state index is -3.72. The van der Waals surface area contributed by atoms with E-state index >= 15 is 0 Å². The SMILES string of the molecule is CO[C@@H]1C[C@H](C[C@@H](C)[C@@H]2CC[C@H](C)/C=C(\C)[C@@H](O)[C@@H](OC)C(=O)[C@H](C)C[C@H](C)/C=C/C=C/C=C(\C)[C@H](NS(C)(=O)=O)C[C@@H]3CC[C@@H](C)[C@@](O)(O3)C(=O)C(=O)N3CCCC[C@H]3C(=O)O2)CC[C@H]1OCCO. The molecule has 0 unspecified atom stereocenters. The van der Waals surface area contributed by atoms with Crippen LogP contribution in [0.15, 0.2) is 47.6 Å². The molecule has 0 spiro atoms. The van der Waals surface area contributed by atoms with Crippen molar-refractivity contribution in [2.75, 3.05) is 40.2 Å². The Hall–Kier alpha value is -3.13. The van der Waals surface area contributed by atoms with E-state index in [4.69, 9.17) is 23.7 Å². The number of sulfonamides is 1. The van der Waals surface area contributed by atoms with Crippen molar-refractivity contribution in [2.24, 2.45) is 35.5 Å². The van der Waals surface area contributed by atoms with Crippen LogP contribution in [-0.2, 0) is 52.9 Å². The number of aliphatic hydroxyl groups is 3. The molecule has 16 nitrogen and oxygen atoms in total. The van der Waals surface area contributed by atoms with Crippen molar-refractivity contribution in [3.05, 3.63) is 47.6 Å². The monoisotopic (exact) mass is 1010 g/mol. The Labute approximate surface area is 418 Å². The summed E-state index contributed by atoms with van der Waals surface area (Å²) in [7, 11) is -0.652. The second-order valence-electron chi connectivity index (χ2n) is 21.0. The number of Topliss-reactive ketones (excluding diaryl/α,β-unsaturated/α-hetero) is 2. The van der Waals surface area contributed by atoms with Crippen LogP contribution in [0.25, 0.3) is 0 Å². The number of esters is 1. The lowest BCUT2D eigenvalue weighted by Crippen LogP contribution is -2.61. The standard InChI is InChI=1S/C53H86N2O14S/c1-33-16-12-11-13-17-35(3)42(54-70(10,63)64)32-41-22-20-39(7)53(62,69-41)50(59)51(60)55-25-15-14-18-43(55)52(61)68-44(36(4)30-40-21-24-45(67-27-26-56)46(31-40)65-8)23-19-34(2)29-38(6)48(58)49(66-9)47(57)37(5)28-33/h11-13,16-17,29,33-34,36-37,39-46,48-49,54,56,58,62H,14-15,18-28,30-32H2,1-10H3/b13-11+,16-12+,35-17+,38-29+/t33-,34+,36-,37-,39-,40+,41+,42-,43+,44+,45-,46-,48-,49+,53-/m1/s1. The number of methoxy groups -OCH3 is 2. The van der Waals surface area contributed by atoms with Crippen molar-refractivity contribution in [2.45, 2.75) is 186 Å². The molecule has 2 bridgehead atoms. The molecule has 4 rings (SSSR count). The second-order valence-corrected chi connectivity index (χ2v) is 22.8. The number of piperidine rings is 1. The zero-order valence-corrected chi connectivity index (χ0v) is 44.4. The number of amides is 1. The van der Waals surface area contributed by atoms with E-state index in [2.05, 4.69) is 4.72 Å². The van der Waals surface area contributed by atoms with Gasteiger partial charge in [-0.1, -0.05) is 76.6 Å². The van der Waals surface area contributed by atoms with Gasteiger partial charge in [0.15, 0.2) is 5.78 Å². The van der Waals surface area contributed by atoms with Crippen LogP contribution in [0.4, 0.5) is 0 Å². The molecule has 3 heterocycles. The van der Waals surface area contributed by atoms with Gasteiger partial charge in [0, 0.05) is 38.6 Å². The molecule has 70 heavy (non-hydrogen) atoms. The van der Waals surface area contributed by atoms with Crippen molar-refractivity contribution in [3.63, 3.8) is 0 Å². The quantitative estimate of drug-likeness (QED) is 0.113. The molecule has 4 N–H and O–H groups in total. The van der Waals surface area contributed by atoms with E-state index in [-0.39, 0.29) is 74.3 Å². The van der Waals surface area contributed by atoms with Crippen molar-refractivity contribution in [3.8, 4) is 0 Å². The van der Waals surface area contributed by atoms with Crippen molar-refractivity contribution in [1.29, 1.82) is 0 Å². The molecule has 17 heteroatoms. The van der Waals surface area contributed by atoms with Gasteiger partial charge >= 0.3 is 5.97 Å². The maximum absolute atomic E-state index is 14.5. The first-order valence-corrected chi connectivity index (χ1v) is 27.6. The fourth-order valence-corrected chi connectivity index (χ4v) is 11.6. The van der Waals surface area contributed by atoms with Gasteiger partial charge < -0.3 is 43.9 Å². The molecule has 1 aliphatic carbocycles. The average Bonchev–Trinajstić information content (AvgIpc) is 3.31. The number of cyclic esters (lactones) is 1. The minimum absolute atomic E-state index is 0.0117. The van der Waals surface area contributed by atoms with Gasteiger partial charge in [-0.05, 0) is 127 Å². The molecule has 0 aromatic carbocycles. The number of carbonyl (C=O) groups is 4. The van der Waals surface area contributed by atoms with Crippen LogP contribution in [0, 0.1) is 35.5 Å². The minimum Gasteiger partial charge on any atom is -0.461 e. The fraction of sp³-hybridized carbons (Fsp3) is 0.774. The number of fused-ring (bicyclic) bond motifs is 3. The fourth-order valence-electron chi connectivity index (χ4n) is 10.8. The van der Waals surface area contributed by atoms with Gasteiger partial charge in [-0.3, -0.25) is 14.4 Å². The number of allylic oxidation sites excluding steroid dienone is 6. The molecule has 2 saturated heterocycles. The van der Waals surface area contributed by atoms with Gasteiger partial charge in [0.1, 0.15) is 24.4 Å². The first-order valence-electron chi connectivity index (χ1n) is 25.7. The van der Waals surface area contributed by atoms with Crippen molar-refractivity contribution in [1.82, 2.24) is 9.62 Å². The predicted octanol–water partition coefficient (Wildman–Crippen LogP) is 5.92. The molecule has 3 fully saturated rings. The molecule has 0 radical (unpaired) electrons. The van der Waals surface area contributed by atoms with Crippen molar-refractivity contribution < 1.29 is 66.6 Å². The van der Waals surface area contributed by atoms with Crippen LogP contribution in [0.1, 0.15) is 132 Å². The summed E-state index contributed by atoms with van der Waals surface area (Å²) in [5, 5.41) is 32.9. The number of rotatable bonds is 10. The van der Waals surface area contributed by atoms with Gasteiger partial charge in [0.25, 0.3) is 11.7 Å². The molecule has 15 atom stereocenters. The summed E-state index contributed by atoms with van der Waals surface area (Å²) in [5.41, 5.74) is 1.22. The third-order valence-electron chi connectivity index (χ3n) is 15.0. The third kappa shape index (κ3) is 17.0. The average molecular weight is 1010 g/mol. The lowest BCUT2D eigenvalue weighted by atomic mass is 9.78. The Kier molecular flexibility index (Phi) is 23.6. The van der Waals surface area contributed by atoms with Crippen molar-refractivity contribution >= 4 is 33.5 Å². The van der Waals surface area contributed by atoms with E-state index in [9.17, 15) is 42.9 Å². The van der Waals surface area contributed by atoms with Crippen LogP contribution >= 0.6 is 0 Å².